The van der Waals surface area contributed by atoms with Crippen LogP contribution in [0.15, 0.2) is 28.7 Å². The first-order valence-electron chi connectivity index (χ1n) is 5.12. The van der Waals surface area contributed by atoms with Gasteiger partial charge < -0.3 is 0 Å². The van der Waals surface area contributed by atoms with Gasteiger partial charge in [-0.05, 0) is 24.1 Å². The molecule has 0 saturated carbocycles. The lowest BCUT2D eigenvalue weighted by Gasteiger charge is -2.07. The first kappa shape index (κ1) is 12.5. The first-order chi connectivity index (χ1) is 7.55. The van der Waals surface area contributed by atoms with Crippen LogP contribution in [0.25, 0.3) is 0 Å². The molecule has 1 atom stereocenters. The van der Waals surface area contributed by atoms with Crippen molar-refractivity contribution in [1.82, 2.24) is 0 Å². The van der Waals surface area contributed by atoms with E-state index in [1.165, 1.54) is 5.56 Å². The zero-order chi connectivity index (χ0) is 11.6. The molecule has 2 rings (SSSR count). The van der Waals surface area contributed by atoms with E-state index in [-0.39, 0.29) is 5.25 Å². The van der Waals surface area contributed by atoms with E-state index >= 15 is 0 Å². The zero-order valence-corrected chi connectivity index (χ0v) is 11.9. The van der Waals surface area contributed by atoms with E-state index in [2.05, 4.69) is 28.1 Å². The zero-order valence-electron chi connectivity index (χ0n) is 8.73. The Hall–Kier alpha value is -0.000000000000000111. The predicted octanol–water partition coefficient (Wildman–Crippen LogP) is 2.87. The quantitative estimate of drug-likeness (QED) is 0.858. The summed E-state index contributed by atoms with van der Waals surface area (Å²) in [5.74, 6) is 1.62. The third-order valence-corrected chi connectivity index (χ3v) is 6.47. The van der Waals surface area contributed by atoms with Crippen molar-refractivity contribution in [2.45, 2.75) is 17.4 Å². The molecule has 0 radical (unpaired) electrons. The number of sulfone groups is 1. The molecule has 0 aromatic heterocycles. The van der Waals surface area contributed by atoms with E-state index in [9.17, 15) is 8.42 Å². The number of thioether (sulfide) groups is 1. The highest BCUT2D eigenvalue weighted by molar-refractivity contribution is 9.10. The summed E-state index contributed by atoms with van der Waals surface area (Å²) in [5.41, 5.74) is 1.25. The molecule has 0 spiro atoms. The van der Waals surface area contributed by atoms with Crippen LogP contribution in [0, 0.1) is 0 Å². The molecule has 1 aliphatic heterocycles. The van der Waals surface area contributed by atoms with Crippen LogP contribution >= 0.6 is 27.7 Å². The molecule has 0 amide bonds. The van der Waals surface area contributed by atoms with Crippen LogP contribution in [-0.4, -0.2) is 25.2 Å². The first-order valence-corrected chi connectivity index (χ1v) is 8.78. The van der Waals surface area contributed by atoms with Gasteiger partial charge >= 0.3 is 0 Å². The fourth-order valence-corrected chi connectivity index (χ4v) is 5.56. The van der Waals surface area contributed by atoms with Gasteiger partial charge in [-0.15, -0.1) is 0 Å². The number of hydrogen-bond donors (Lipinski definition) is 0. The van der Waals surface area contributed by atoms with Crippen molar-refractivity contribution in [3.8, 4) is 0 Å². The van der Waals surface area contributed by atoms with Gasteiger partial charge in [0, 0.05) is 15.5 Å². The van der Waals surface area contributed by atoms with Gasteiger partial charge in [0.2, 0.25) is 0 Å². The lowest BCUT2D eigenvalue weighted by Crippen LogP contribution is -2.06. The van der Waals surface area contributed by atoms with Gasteiger partial charge in [-0.25, -0.2) is 8.42 Å². The van der Waals surface area contributed by atoms with Crippen LogP contribution in [0.5, 0.6) is 0 Å². The lowest BCUT2D eigenvalue weighted by molar-refractivity contribution is 0.602. The van der Waals surface area contributed by atoms with Gasteiger partial charge in [0.1, 0.15) is 0 Å². The molecule has 1 heterocycles. The van der Waals surface area contributed by atoms with E-state index in [0.717, 1.165) is 16.6 Å². The van der Waals surface area contributed by atoms with Gasteiger partial charge in [0.15, 0.2) is 9.84 Å². The Morgan fingerprint density at radius 1 is 1.31 bits per heavy atom. The summed E-state index contributed by atoms with van der Waals surface area (Å²) < 4.78 is 23.6. The molecule has 0 aliphatic carbocycles. The fourth-order valence-electron chi connectivity index (χ4n) is 1.69. The molecule has 5 heteroatoms. The fraction of sp³-hybridized carbons (Fsp3) is 0.455. The molecule has 16 heavy (non-hydrogen) atoms. The van der Waals surface area contributed by atoms with E-state index < -0.39 is 9.84 Å². The van der Waals surface area contributed by atoms with Gasteiger partial charge in [-0.2, -0.15) is 11.8 Å². The lowest BCUT2D eigenvalue weighted by atomic mass is 10.2. The summed E-state index contributed by atoms with van der Waals surface area (Å²) in [5, 5.41) is 0.286. The molecule has 0 N–H and O–H groups in total. The smallest absolute Gasteiger partial charge is 0.151 e. The third kappa shape index (κ3) is 3.50. The highest BCUT2D eigenvalue weighted by atomic mass is 79.9. The summed E-state index contributed by atoms with van der Waals surface area (Å²) in [6.45, 7) is 0. The summed E-state index contributed by atoms with van der Waals surface area (Å²) in [7, 11) is -2.73. The molecular weight excluding hydrogens is 308 g/mol. The van der Waals surface area contributed by atoms with Gasteiger partial charge in [0.05, 0.1) is 11.5 Å². The average molecular weight is 321 g/mol. The number of benzene rings is 1. The molecule has 88 valence electrons. The maximum atomic E-state index is 11.3. The minimum atomic E-state index is -2.73. The molecule has 1 saturated heterocycles. The van der Waals surface area contributed by atoms with E-state index in [1.54, 1.807) is 11.8 Å². The molecule has 1 unspecified atom stereocenters. The van der Waals surface area contributed by atoms with Gasteiger partial charge in [0.25, 0.3) is 0 Å². The van der Waals surface area contributed by atoms with Crippen LogP contribution in [-0.2, 0) is 15.6 Å². The Morgan fingerprint density at radius 2 is 2.00 bits per heavy atom. The Morgan fingerprint density at radius 3 is 2.56 bits per heavy atom. The van der Waals surface area contributed by atoms with E-state index in [4.69, 9.17) is 0 Å². The van der Waals surface area contributed by atoms with Crippen molar-refractivity contribution in [2.24, 2.45) is 0 Å². The van der Waals surface area contributed by atoms with Gasteiger partial charge in [-0.3, -0.25) is 0 Å². The predicted molar refractivity (Wildman–Crippen MR) is 72.5 cm³/mol. The van der Waals surface area contributed by atoms with Crippen molar-refractivity contribution >= 4 is 37.5 Å². The van der Waals surface area contributed by atoms with Crippen LogP contribution in [0.1, 0.15) is 12.0 Å². The number of halogens is 1. The largest absolute Gasteiger partial charge is 0.229 e. The molecule has 1 aliphatic rings. The van der Waals surface area contributed by atoms with Crippen LogP contribution in [0.3, 0.4) is 0 Å². The Labute approximate surface area is 109 Å². The Balaban J connectivity index is 1.87. The summed E-state index contributed by atoms with van der Waals surface area (Å²) in [4.78, 5) is 0. The normalized spacial score (nSPS) is 23.4. The van der Waals surface area contributed by atoms with Crippen molar-refractivity contribution in [1.29, 1.82) is 0 Å². The third-order valence-electron chi connectivity index (χ3n) is 2.59. The highest BCUT2D eigenvalue weighted by Gasteiger charge is 2.27. The maximum Gasteiger partial charge on any atom is 0.151 e. The minimum Gasteiger partial charge on any atom is -0.229 e. The summed E-state index contributed by atoms with van der Waals surface area (Å²) in [6, 6.07) is 8.17. The SMILES string of the molecule is O=S1(=O)CCC(SCc2ccc(Br)cc2)C1. The number of hydrogen-bond acceptors (Lipinski definition) is 3. The summed E-state index contributed by atoms with van der Waals surface area (Å²) >= 11 is 5.14. The average Bonchev–Trinajstić information content (AvgIpc) is 2.58. The second kappa shape index (κ2) is 5.10. The molecule has 1 fully saturated rings. The van der Waals surface area contributed by atoms with Crippen molar-refractivity contribution in [3.05, 3.63) is 34.3 Å². The number of rotatable bonds is 3. The van der Waals surface area contributed by atoms with Crippen molar-refractivity contribution in [3.63, 3.8) is 0 Å². The second-order valence-electron chi connectivity index (χ2n) is 3.96. The maximum absolute atomic E-state index is 11.3. The van der Waals surface area contributed by atoms with E-state index in [1.807, 2.05) is 12.1 Å². The van der Waals surface area contributed by atoms with Crippen LogP contribution in [0.4, 0.5) is 0 Å². The van der Waals surface area contributed by atoms with Gasteiger partial charge in [-0.1, -0.05) is 28.1 Å². The Bertz CT molecular complexity index is 453. The molecule has 1 aromatic rings. The topological polar surface area (TPSA) is 34.1 Å². The second-order valence-corrected chi connectivity index (χ2v) is 8.40. The van der Waals surface area contributed by atoms with Crippen molar-refractivity contribution in [2.75, 3.05) is 11.5 Å². The molecule has 1 aromatic carbocycles. The Kier molecular flexibility index (Phi) is 3.97. The molecule has 0 bridgehead atoms. The van der Waals surface area contributed by atoms with Crippen LogP contribution in [0.2, 0.25) is 0 Å². The molecular formula is C11H13BrO2S2. The minimum absolute atomic E-state index is 0.286. The standard InChI is InChI=1S/C11H13BrO2S2/c12-10-3-1-9(2-4-10)7-15-11-5-6-16(13,14)8-11/h1-4,11H,5-8H2. The van der Waals surface area contributed by atoms with Crippen LogP contribution < -0.4 is 0 Å². The van der Waals surface area contributed by atoms with E-state index in [0.29, 0.717) is 11.5 Å². The van der Waals surface area contributed by atoms with Crippen molar-refractivity contribution < 1.29 is 8.42 Å². The highest BCUT2D eigenvalue weighted by Crippen LogP contribution is 2.27. The monoisotopic (exact) mass is 320 g/mol. The summed E-state index contributed by atoms with van der Waals surface area (Å²) in [6.07, 6.45) is 0.809. The molecule has 2 nitrogen and oxygen atoms in total.